The molecule has 0 aromatic carbocycles. The van der Waals surface area contributed by atoms with Gasteiger partial charge in [-0.1, -0.05) is 11.1 Å². The van der Waals surface area contributed by atoms with E-state index in [2.05, 4.69) is 4.90 Å². The summed E-state index contributed by atoms with van der Waals surface area (Å²) in [7, 11) is 3.63. The van der Waals surface area contributed by atoms with Crippen molar-refractivity contribution in [2.75, 3.05) is 33.0 Å². The predicted molar refractivity (Wildman–Crippen MR) is 50.3 cm³/mol. The highest BCUT2D eigenvalue weighted by Crippen LogP contribution is 2.25. The Labute approximate surface area is 81.5 Å². The van der Waals surface area contributed by atoms with E-state index in [-0.39, 0.29) is 5.75 Å². The molecule has 1 atom stereocenters. The predicted octanol–water partition coefficient (Wildman–Crippen LogP) is -0.0237. The van der Waals surface area contributed by atoms with Gasteiger partial charge in [0.2, 0.25) is 0 Å². The van der Waals surface area contributed by atoms with E-state index in [1.54, 1.807) is 7.11 Å². The van der Waals surface area contributed by atoms with Gasteiger partial charge in [-0.2, -0.15) is 0 Å². The summed E-state index contributed by atoms with van der Waals surface area (Å²) in [6.45, 7) is 1.82. The second-order valence-corrected chi connectivity index (χ2v) is 4.53. The van der Waals surface area contributed by atoms with Crippen molar-refractivity contribution in [3.63, 3.8) is 0 Å². The zero-order valence-electron chi connectivity index (χ0n) is 8.12. The lowest BCUT2D eigenvalue weighted by Gasteiger charge is -2.39. The van der Waals surface area contributed by atoms with Crippen LogP contribution in [-0.2, 0) is 15.8 Å². The van der Waals surface area contributed by atoms with E-state index >= 15 is 0 Å². The molecule has 0 radical (unpaired) electrons. The molecule has 0 N–H and O–H groups in total. The van der Waals surface area contributed by atoms with Gasteiger partial charge in [-0.3, -0.25) is 4.21 Å². The molecule has 5 heteroatoms. The van der Waals surface area contributed by atoms with E-state index in [1.165, 1.54) is 0 Å². The Morgan fingerprint density at radius 2 is 2.08 bits per heavy atom. The van der Waals surface area contributed by atoms with Crippen LogP contribution in [-0.4, -0.2) is 52.3 Å². The van der Waals surface area contributed by atoms with Crippen LogP contribution in [0.25, 0.3) is 0 Å². The van der Waals surface area contributed by atoms with Crippen molar-refractivity contribution < 1.29 is 13.5 Å². The molecule has 1 unspecified atom stereocenters. The molecule has 13 heavy (non-hydrogen) atoms. The van der Waals surface area contributed by atoms with Crippen molar-refractivity contribution in [1.29, 1.82) is 0 Å². The van der Waals surface area contributed by atoms with Gasteiger partial charge in [0.05, 0.1) is 5.60 Å². The first kappa shape index (κ1) is 11.1. The lowest BCUT2D eigenvalue weighted by Crippen LogP contribution is -2.47. The van der Waals surface area contributed by atoms with Crippen molar-refractivity contribution in [3.05, 3.63) is 0 Å². The first-order valence-corrected chi connectivity index (χ1v) is 5.62. The number of ether oxygens (including phenoxy) is 1. The van der Waals surface area contributed by atoms with Crippen molar-refractivity contribution in [3.8, 4) is 0 Å². The van der Waals surface area contributed by atoms with Gasteiger partial charge in [-0.05, 0) is 19.9 Å². The Balaban J connectivity index is 2.55. The third-order valence-corrected chi connectivity index (χ3v) is 3.47. The van der Waals surface area contributed by atoms with Crippen molar-refractivity contribution in [2.24, 2.45) is 0 Å². The van der Waals surface area contributed by atoms with Crippen molar-refractivity contribution in [1.82, 2.24) is 4.90 Å². The molecule has 0 bridgehead atoms. The summed E-state index contributed by atoms with van der Waals surface area (Å²) in [5.74, 6) is 0.122. The van der Waals surface area contributed by atoms with Gasteiger partial charge in [0, 0.05) is 26.0 Å². The molecule has 1 aliphatic rings. The van der Waals surface area contributed by atoms with Gasteiger partial charge in [-0.15, -0.1) is 0 Å². The molecule has 0 amide bonds. The standard InChI is InChI=1S/C8H17NO3S/c1-9-5-3-8(12-2,4-6-9)7-13(10)11/h3-7H2,1-2H3,(H,10,11)/p-1. The number of hydrogen-bond donors (Lipinski definition) is 0. The van der Waals surface area contributed by atoms with Crippen LogP contribution in [0.4, 0.5) is 0 Å². The van der Waals surface area contributed by atoms with Gasteiger partial charge in [0.1, 0.15) is 0 Å². The fourth-order valence-corrected chi connectivity index (χ4v) is 2.48. The van der Waals surface area contributed by atoms with Gasteiger partial charge in [-0.25, -0.2) is 0 Å². The van der Waals surface area contributed by atoms with Crippen LogP contribution < -0.4 is 0 Å². The third-order valence-electron chi connectivity index (χ3n) is 2.71. The number of rotatable bonds is 3. The maximum Gasteiger partial charge on any atom is 0.0806 e. The molecular weight excluding hydrogens is 190 g/mol. The van der Waals surface area contributed by atoms with Crippen LogP contribution in [0.1, 0.15) is 12.8 Å². The molecule has 1 aliphatic heterocycles. The van der Waals surface area contributed by atoms with Gasteiger partial charge in [0.15, 0.2) is 0 Å². The topological polar surface area (TPSA) is 52.6 Å². The second-order valence-electron chi connectivity index (χ2n) is 3.64. The fraction of sp³-hybridized carbons (Fsp3) is 1.00. The zero-order valence-corrected chi connectivity index (χ0v) is 8.93. The molecular formula is C8H16NO3S-. The third kappa shape index (κ3) is 3.02. The number of piperidine rings is 1. The molecule has 1 saturated heterocycles. The highest BCUT2D eigenvalue weighted by molar-refractivity contribution is 7.79. The van der Waals surface area contributed by atoms with E-state index in [9.17, 15) is 8.76 Å². The summed E-state index contributed by atoms with van der Waals surface area (Å²) in [6, 6.07) is 0. The van der Waals surface area contributed by atoms with Gasteiger partial charge in [0.25, 0.3) is 0 Å². The summed E-state index contributed by atoms with van der Waals surface area (Å²) in [5, 5.41) is 0. The largest absolute Gasteiger partial charge is 0.772 e. The Bertz CT molecular complexity index is 190. The summed E-state index contributed by atoms with van der Waals surface area (Å²) in [6.07, 6.45) is 1.60. The molecule has 1 rings (SSSR count). The monoisotopic (exact) mass is 206 g/mol. The molecule has 4 nitrogen and oxygen atoms in total. The number of methoxy groups -OCH3 is 1. The highest BCUT2D eigenvalue weighted by Gasteiger charge is 2.33. The first-order chi connectivity index (χ1) is 6.08. The molecule has 78 valence electrons. The second kappa shape index (κ2) is 4.50. The summed E-state index contributed by atoms with van der Waals surface area (Å²) in [4.78, 5) is 2.19. The van der Waals surface area contributed by atoms with Crippen LogP contribution in [0.5, 0.6) is 0 Å². The lowest BCUT2D eigenvalue weighted by atomic mass is 9.93. The Morgan fingerprint density at radius 1 is 1.54 bits per heavy atom. The Kier molecular flexibility index (Phi) is 3.85. The maximum atomic E-state index is 10.6. The van der Waals surface area contributed by atoms with E-state index < -0.39 is 16.7 Å². The van der Waals surface area contributed by atoms with Crippen molar-refractivity contribution >= 4 is 11.1 Å². The molecule has 0 aromatic heterocycles. The van der Waals surface area contributed by atoms with Crippen LogP contribution in [0.2, 0.25) is 0 Å². The molecule has 0 aliphatic carbocycles. The van der Waals surface area contributed by atoms with Crippen LogP contribution in [0.15, 0.2) is 0 Å². The van der Waals surface area contributed by atoms with Crippen LogP contribution in [0.3, 0.4) is 0 Å². The normalized spacial score (nSPS) is 25.8. The van der Waals surface area contributed by atoms with Gasteiger partial charge < -0.3 is 14.2 Å². The van der Waals surface area contributed by atoms with Gasteiger partial charge >= 0.3 is 0 Å². The number of nitrogens with zero attached hydrogens (tertiary/aromatic N) is 1. The Morgan fingerprint density at radius 3 is 2.46 bits per heavy atom. The smallest absolute Gasteiger partial charge is 0.0806 e. The number of likely N-dealkylation sites (tertiary alicyclic amines) is 1. The highest BCUT2D eigenvalue weighted by atomic mass is 32.2. The lowest BCUT2D eigenvalue weighted by molar-refractivity contribution is -0.0357. The number of hydrogen-bond acceptors (Lipinski definition) is 4. The van der Waals surface area contributed by atoms with E-state index in [4.69, 9.17) is 4.74 Å². The summed E-state index contributed by atoms with van der Waals surface area (Å²) >= 11 is -2.01. The average Bonchev–Trinajstić information content (AvgIpc) is 2.09. The Hall–Kier alpha value is 0.0300. The molecule has 0 saturated carbocycles. The maximum absolute atomic E-state index is 10.6. The molecule has 0 spiro atoms. The quantitative estimate of drug-likeness (QED) is 0.609. The fourth-order valence-electron chi connectivity index (χ4n) is 1.65. The van der Waals surface area contributed by atoms with E-state index in [1.807, 2.05) is 7.05 Å². The summed E-state index contributed by atoms with van der Waals surface area (Å²) in [5.41, 5.74) is -0.431. The minimum Gasteiger partial charge on any atom is -0.772 e. The first-order valence-electron chi connectivity index (χ1n) is 4.37. The van der Waals surface area contributed by atoms with Crippen molar-refractivity contribution in [2.45, 2.75) is 18.4 Å². The molecule has 1 heterocycles. The van der Waals surface area contributed by atoms with E-state index in [0.717, 1.165) is 25.9 Å². The SMILES string of the molecule is COC1(CS(=O)[O-])CCN(C)CC1. The molecule has 0 aromatic rings. The van der Waals surface area contributed by atoms with Crippen LogP contribution in [0, 0.1) is 0 Å². The molecule has 1 fully saturated rings. The summed E-state index contributed by atoms with van der Waals surface area (Å²) < 4.78 is 26.6. The zero-order chi connectivity index (χ0) is 9.90. The van der Waals surface area contributed by atoms with Crippen LogP contribution >= 0.6 is 0 Å². The average molecular weight is 206 g/mol. The van der Waals surface area contributed by atoms with E-state index in [0.29, 0.717) is 0 Å². The minimum absolute atomic E-state index is 0.122. The minimum atomic E-state index is -2.01.